The van der Waals surface area contributed by atoms with Crippen LogP contribution in [-0.4, -0.2) is 22.4 Å². The largest absolute Gasteiger partial charge is 0.490 e. The van der Waals surface area contributed by atoms with E-state index < -0.39 is 0 Å². The molecule has 3 aromatic rings. The first-order valence-corrected chi connectivity index (χ1v) is 7.77. The van der Waals surface area contributed by atoms with Crippen LogP contribution in [0.3, 0.4) is 0 Å². The normalized spacial score (nSPS) is 10.4. The quantitative estimate of drug-likeness (QED) is 0.515. The molecule has 0 saturated heterocycles. The first-order chi connectivity index (χ1) is 11.8. The topological polar surface area (TPSA) is 53.4 Å². The van der Waals surface area contributed by atoms with E-state index >= 15 is 0 Å². The van der Waals surface area contributed by atoms with Crippen molar-refractivity contribution in [3.05, 3.63) is 72.6 Å². The third-order valence-electron chi connectivity index (χ3n) is 3.38. The van der Waals surface area contributed by atoms with Crippen molar-refractivity contribution in [2.24, 2.45) is 0 Å². The van der Waals surface area contributed by atoms with E-state index in [0.29, 0.717) is 18.1 Å². The molecule has 3 rings (SSSR count). The molecule has 0 spiro atoms. The van der Waals surface area contributed by atoms with E-state index in [-0.39, 0.29) is 12.4 Å². The summed E-state index contributed by atoms with van der Waals surface area (Å²) in [6.45, 7) is 2.40. The van der Waals surface area contributed by atoms with Crippen LogP contribution in [0.25, 0.3) is 5.69 Å². The zero-order valence-electron chi connectivity index (χ0n) is 13.4. The molecule has 0 N–H and O–H groups in total. The number of carbonyl (C=O) groups excluding carboxylic acids is 1. The Morgan fingerprint density at radius 3 is 2.50 bits per heavy atom. The maximum Gasteiger partial charge on any atom is 0.315 e. The Labute approximate surface area is 140 Å². The Bertz CT molecular complexity index is 812. The molecule has 2 aromatic carbocycles. The van der Waals surface area contributed by atoms with Crippen molar-refractivity contribution < 1.29 is 14.3 Å². The van der Waals surface area contributed by atoms with Gasteiger partial charge < -0.3 is 9.47 Å². The summed E-state index contributed by atoms with van der Waals surface area (Å²) in [6.07, 6.45) is 3.64. The highest BCUT2D eigenvalue weighted by Crippen LogP contribution is 2.26. The summed E-state index contributed by atoms with van der Waals surface area (Å²) in [6, 6.07) is 16.9. The second kappa shape index (κ2) is 7.46. The van der Waals surface area contributed by atoms with Crippen molar-refractivity contribution in [2.75, 3.05) is 6.61 Å². The molecular formula is C19H18N2O3. The molecule has 0 aliphatic rings. The summed E-state index contributed by atoms with van der Waals surface area (Å²) in [7, 11) is 0. The molecule has 0 unspecified atom stereocenters. The fourth-order valence-electron chi connectivity index (χ4n) is 2.31. The lowest BCUT2D eigenvalue weighted by molar-refractivity contribution is -0.133. The smallest absolute Gasteiger partial charge is 0.315 e. The molecule has 0 radical (unpaired) electrons. The fraction of sp³-hybridized carbons (Fsp3) is 0.158. The molecule has 0 aliphatic heterocycles. The van der Waals surface area contributed by atoms with Gasteiger partial charge in [-0.25, -0.2) is 4.68 Å². The lowest BCUT2D eigenvalue weighted by atomic mass is 10.2. The number of esters is 1. The summed E-state index contributed by atoms with van der Waals surface area (Å²) in [4.78, 5) is 12.2. The lowest BCUT2D eigenvalue weighted by Gasteiger charge is -2.09. The Hall–Kier alpha value is -3.08. The number of carbonyl (C=O) groups is 1. The van der Waals surface area contributed by atoms with E-state index in [2.05, 4.69) is 5.10 Å². The van der Waals surface area contributed by atoms with E-state index in [0.717, 1.165) is 11.3 Å². The van der Waals surface area contributed by atoms with Crippen LogP contribution in [0.5, 0.6) is 11.5 Å². The van der Waals surface area contributed by atoms with Gasteiger partial charge in [0, 0.05) is 11.8 Å². The number of hydrogen-bond acceptors (Lipinski definition) is 4. The Kier molecular flexibility index (Phi) is 4.91. The lowest BCUT2D eigenvalue weighted by Crippen LogP contribution is -2.11. The summed E-state index contributed by atoms with van der Waals surface area (Å²) in [5, 5.41) is 4.28. The maximum atomic E-state index is 12.2. The molecule has 1 heterocycles. The summed E-state index contributed by atoms with van der Waals surface area (Å²) in [5.41, 5.74) is 1.73. The van der Waals surface area contributed by atoms with Gasteiger partial charge in [-0.3, -0.25) is 4.79 Å². The number of nitrogens with zero attached hydrogens (tertiary/aromatic N) is 2. The second-order valence-electron chi connectivity index (χ2n) is 5.16. The maximum absolute atomic E-state index is 12.2. The zero-order chi connectivity index (χ0) is 16.8. The first-order valence-electron chi connectivity index (χ1n) is 7.77. The number of ether oxygens (including phenoxy) is 2. The summed E-state index contributed by atoms with van der Waals surface area (Å²) >= 11 is 0. The number of aromatic nitrogens is 2. The highest BCUT2D eigenvalue weighted by molar-refractivity contribution is 5.75. The summed E-state index contributed by atoms with van der Waals surface area (Å²) in [5.74, 6) is 0.642. The third-order valence-corrected chi connectivity index (χ3v) is 3.38. The minimum Gasteiger partial charge on any atom is -0.490 e. The minimum absolute atomic E-state index is 0.146. The van der Waals surface area contributed by atoms with Gasteiger partial charge in [-0.2, -0.15) is 5.10 Å². The average molecular weight is 322 g/mol. The predicted octanol–water partition coefficient (Wildman–Crippen LogP) is 3.42. The number of para-hydroxylation sites is 3. The first kappa shape index (κ1) is 15.8. The van der Waals surface area contributed by atoms with Gasteiger partial charge in [0.1, 0.15) is 0 Å². The molecule has 0 saturated carbocycles. The number of hydrogen-bond donors (Lipinski definition) is 0. The molecule has 5 heteroatoms. The van der Waals surface area contributed by atoms with Crippen molar-refractivity contribution in [1.82, 2.24) is 9.78 Å². The van der Waals surface area contributed by atoms with Crippen LogP contribution in [0.4, 0.5) is 0 Å². The van der Waals surface area contributed by atoms with Gasteiger partial charge in [-0.1, -0.05) is 30.3 Å². The Morgan fingerprint density at radius 2 is 1.75 bits per heavy atom. The van der Waals surface area contributed by atoms with Crippen molar-refractivity contribution in [3.63, 3.8) is 0 Å². The van der Waals surface area contributed by atoms with Gasteiger partial charge in [0.25, 0.3) is 0 Å². The van der Waals surface area contributed by atoms with Gasteiger partial charge >= 0.3 is 5.97 Å². The standard InChI is InChI=1S/C19H18N2O3/c1-2-23-17-10-6-7-11-18(17)24-19(22)12-15-13-20-21(14-15)16-8-4-3-5-9-16/h3-11,13-14H,2,12H2,1H3. The van der Waals surface area contributed by atoms with Crippen molar-refractivity contribution in [3.8, 4) is 17.2 Å². The number of rotatable bonds is 6. The van der Waals surface area contributed by atoms with Gasteiger partial charge in [0.2, 0.25) is 0 Å². The fourth-order valence-corrected chi connectivity index (χ4v) is 2.31. The van der Waals surface area contributed by atoms with Gasteiger partial charge in [0.15, 0.2) is 11.5 Å². The number of benzene rings is 2. The molecule has 0 amide bonds. The zero-order valence-corrected chi connectivity index (χ0v) is 13.4. The average Bonchev–Trinajstić information content (AvgIpc) is 3.06. The van der Waals surface area contributed by atoms with Crippen LogP contribution in [-0.2, 0) is 11.2 Å². The van der Waals surface area contributed by atoms with Crippen molar-refractivity contribution in [2.45, 2.75) is 13.3 Å². The van der Waals surface area contributed by atoms with Crippen LogP contribution < -0.4 is 9.47 Å². The Morgan fingerprint density at radius 1 is 1.04 bits per heavy atom. The minimum atomic E-state index is -0.352. The van der Waals surface area contributed by atoms with E-state index in [9.17, 15) is 4.79 Å². The second-order valence-corrected chi connectivity index (χ2v) is 5.16. The van der Waals surface area contributed by atoms with Crippen LogP contribution in [0.15, 0.2) is 67.0 Å². The van der Waals surface area contributed by atoms with Gasteiger partial charge in [-0.05, 0) is 31.2 Å². The van der Waals surface area contributed by atoms with E-state index in [1.165, 1.54) is 0 Å². The molecule has 0 fully saturated rings. The predicted molar refractivity (Wildman–Crippen MR) is 90.5 cm³/mol. The van der Waals surface area contributed by atoms with Gasteiger partial charge in [-0.15, -0.1) is 0 Å². The Balaban J connectivity index is 1.67. The van der Waals surface area contributed by atoms with E-state index in [4.69, 9.17) is 9.47 Å². The van der Waals surface area contributed by atoms with Crippen LogP contribution in [0.2, 0.25) is 0 Å². The van der Waals surface area contributed by atoms with Gasteiger partial charge in [0.05, 0.1) is 24.9 Å². The molecule has 0 bridgehead atoms. The molecule has 5 nitrogen and oxygen atoms in total. The highest BCUT2D eigenvalue weighted by Gasteiger charge is 2.12. The molecule has 0 atom stereocenters. The van der Waals surface area contributed by atoms with E-state index in [1.54, 1.807) is 29.1 Å². The van der Waals surface area contributed by atoms with Crippen molar-refractivity contribution >= 4 is 5.97 Å². The van der Waals surface area contributed by atoms with Crippen LogP contribution in [0.1, 0.15) is 12.5 Å². The molecule has 0 aliphatic carbocycles. The third kappa shape index (κ3) is 3.81. The monoisotopic (exact) mass is 322 g/mol. The van der Waals surface area contributed by atoms with Crippen LogP contribution >= 0.6 is 0 Å². The molecule has 1 aromatic heterocycles. The van der Waals surface area contributed by atoms with Crippen molar-refractivity contribution in [1.29, 1.82) is 0 Å². The molecule has 122 valence electrons. The van der Waals surface area contributed by atoms with E-state index in [1.807, 2.05) is 49.5 Å². The van der Waals surface area contributed by atoms with Crippen LogP contribution in [0, 0.1) is 0 Å². The SMILES string of the molecule is CCOc1ccccc1OC(=O)Cc1cnn(-c2ccccc2)c1. The summed E-state index contributed by atoms with van der Waals surface area (Å²) < 4.78 is 12.6. The molecular weight excluding hydrogens is 304 g/mol. The molecule has 24 heavy (non-hydrogen) atoms. The highest BCUT2D eigenvalue weighted by atomic mass is 16.6.